The highest BCUT2D eigenvalue weighted by molar-refractivity contribution is 7.90. The van der Waals surface area contributed by atoms with Gasteiger partial charge in [0.1, 0.15) is 5.82 Å². The molecular weight excluding hydrogens is 530 g/mol. The van der Waals surface area contributed by atoms with Gasteiger partial charge in [0, 0.05) is 25.2 Å². The molecule has 4 rings (SSSR count). The van der Waals surface area contributed by atoms with Crippen molar-refractivity contribution < 1.29 is 35.9 Å². The van der Waals surface area contributed by atoms with Gasteiger partial charge in [-0.15, -0.1) is 0 Å². The van der Waals surface area contributed by atoms with E-state index in [1.165, 1.54) is 19.2 Å². The summed E-state index contributed by atoms with van der Waals surface area (Å²) >= 11 is 0. The molecule has 1 aliphatic rings. The van der Waals surface area contributed by atoms with E-state index in [1.807, 2.05) is 9.44 Å². The molecule has 1 heterocycles. The number of pyridine rings is 1. The van der Waals surface area contributed by atoms with Crippen molar-refractivity contribution in [3.8, 4) is 0 Å². The van der Waals surface area contributed by atoms with Crippen molar-refractivity contribution in [1.82, 2.24) is 15.2 Å². The van der Waals surface area contributed by atoms with Gasteiger partial charge in [-0.25, -0.2) is 27.3 Å². The third-order valence-electron chi connectivity index (χ3n) is 5.99. The fourth-order valence-corrected chi connectivity index (χ4v) is 4.36. The highest BCUT2D eigenvalue weighted by atomic mass is 32.2. The Morgan fingerprint density at radius 3 is 2.45 bits per heavy atom. The van der Waals surface area contributed by atoms with Crippen LogP contribution < -0.4 is 20.2 Å². The van der Waals surface area contributed by atoms with Crippen LogP contribution in [-0.4, -0.2) is 32.7 Å². The smallest absolute Gasteiger partial charge is 0.300 e. The quantitative estimate of drug-likeness (QED) is 0.138. The lowest BCUT2D eigenvalue weighted by molar-refractivity contribution is -0.0318. The van der Waals surface area contributed by atoms with Crippen LogP contribution in [0.25, 0.3) is 0 Å². The molecule has 0 amide bonds. The van der Waals surface area contributed by atoms with Crippen LogP contribution >= 0.6 is 0 Å². The van der Waals surface area contributed by atoms with E-state index < -0.39 is 57.6 Å². The zero-order valence-electron chi connectivity index (χ0n) is 20.3. The maximum Gasteiger partial charge on any atom is 0.300 e. The predicted molar refractivity (Wildman–Crippen MR) is 132 cm³/mol. The molecule has 5 N–H and O–H groups in total. The lowest BCUT2D eigenvalue weighted by Crippen LogP contribution is -2.27. The third kappa shape index (κ3) is 6.05. The second-order valence-corrected chi connectivity index (χ2v) is 10.2. The minimum atomic E-state index is -4.10. The molecule has 9 nitrogen and oxygen atoms in total. The maximum absolute atomic E-state index is 15.4. The van der Waals surface area contributed by atoms with Crippen LogP contribution in [-0.2, 0) is 21.5 Å². The molecule has 0 bridgehead atoms. The molecule has 38 heavy (non-hydrogen) atoms. The summed E-state index contributed by atoms with van der Waals surface area (Å²) in [5, 5.41) is 13.0. The van der Waals surface area contributed by atoms with Gasteiger partial charge in [-0.05, 0) is 59.7 Å². The van der Waals surface area contributed by atoms with Crippen molar-refractivity contribution in [2.24, 2.45) is 0 Å². The van der Waals surface area contributed by atoms with Crippen LogP contribution in [0.5, 0.6) is 0 Å². The van der Waals surface area contributed by atoms with Crippen molar-refractivity contribution >= 4 is 27.4 Å². The van der Waals surface area contributed by atoms with Gasteiger partial charge in [-0.2, -0.15) is 13.9 Å². The molecule has 0 radical (unpaired) electrons. The highest BCUT2D eigenvalue weighted by Gasteiger charge is 2.27. The van der Waals surface area contributed by atoms with Crippen molar-refractivity contribution in [2.45, 2.75) is 31.4 Å². The average molecular weight is 556 g/mol. The van der Waals surface area contributed by atoms with Gasteiger partial charge in [-0.3, -0.25) is 4.72 Å². The van der Waals surface area contributed by atoms with Gasteiger partial charge in [0.05, 0.1) is 18.5 Å². The number of rotatable bonds is 11. The number of hydrogen-bond donors (Lipinski definition) is 5. The van der Waals surface area contributed by atoms with Crippen molar-refractivity contribution in [1.29, 1.82) is 0 Å². The van der Waals surface area contributed by atoms with Crippen LogP contribution in [0.3, 0.4) is 0 Å². The van der Waals surface area contributed by atoms with Gasteiger partial charge in [0.15, 0.2) is 29.5 Å². The first-order valence-corrected chi connectivity index (χ1v) is 12.9. The van der Waals surface area contributed by atoms with E-state index in [0.29, 0.717) is 0 Å². The first kappa shape index (κ1) is 27.7. The number of nitrogens with one attached hydrogen (secondary N) is 4. The number of benzene rings is 2. The van der Waals surface area contributed by atoms with Crippen LogP contribution in [0.4, 0.5) is 34.8 Å². The monoisotopic (exact) mass is 555 g/mol. The van der Waals surface area contributed by atoms with E-state index in [1.54, 1.807) is 6.07 Å². The number of aliphatic hydroxyl groups excluding tert-OH is 1. The molecular formula is C24H25F4N5O4S. The average Bonchev–Trinajstić information content (AvgIpc) is 3.72. The highest BCUT2D eigenvalue weighted by Crippen LogP contribution is 2.41. The van der Waals surface area contributed by atoms with Crippen molar-refractivity contribution in [2.75, 3.05) is 24.2 Å². The molecule has 0 saturated heterocycles. The van der Waals surface area contributed by atoms with E-state index in [4.69, 9.17) is 4.84 Å². The number of aliphatic hydroxyl groups is 1. The van der Waals surface area contributed by atoms with E-state index in [0.717, 1.165) is 43.8 Å². The number of anilines is 3. The summed E-state index contributed by atoms with van der Waals surface area (Å²) in [5.41, 5.74) is 1.44. The SMILES string of the molecule is CNS(=O)(=O)Nc1nccc(Cc2cc(C(O)NOC)c(Nc3ccc(C4CC4)cc3F)c(F)c2F)c1F. The third-order valence-corrected chi connectivity index (χ3v) is 6.99. The molecule has 1 atom stereocenters. The lowest BCUT2D eigenvalue weighted by atomic mass is 9.99. The minimum absolute atomic E-state index is 0.145. The number of halogens is 4. The number of nitrogens with zero attached hydrogens (tertiary/aromatic N) is 1. The first-order chi connectivity index (χ1) is 18.0. The molecule has 1 saturated carbocycles. The Labute approximate surface area is 216 Å². The van der Waals surface area contributed by atoms with E-state index in [2.05, 4.69) is 15.8 Å². The fraction of sp³-hybridized carbons (Fsp3) is 0.292. The maximum atomic E-state index is 15.4. The molecule has 3 aromatic rings. The summed E-state index contributed by atoms with van der Waals surface area (Å²) in [6, 6.07) is 6.62. The summed E-state index contributed by atoms with van der Waals surface area (Å²) in [6.07, 6.45) is 0.765. The predicted octanol–water partition coefficient (Wildman–Crippen LogP) is 3.87. The Morgan fingerprint density at radius 2 is 1.82 bits per heavy atom. The van der Waals surface area contributed by atoms with Crippen LogP contribution in [0.15, 0.2) is 36.5 Å². The standard InChI is InChI=1S/C24H25F4N5O4S/c1-29-38(35,36)33-23-20(27)14(7-8-30-23)9-15-10-16(24(34)32-37-2)22(21(28)19(15)26)31-18-6-5-13(11-17(18)25)12-3-4-12/h5-8,10-12,24,29,31-32,34H,3-4,9H2,1-2H3,(H,30,33). The molecule has 2 aromatic carbocycles. The summed E-state index contributed by atoms with van der Waals surface area (Å²) in [4.78, 5) is 8.33. The second kappa shape index (κ2) is 11.2. The zero-order valence-corrected chi connectivity index (χ0v) is 21.1. The zero-order chi connectivity index (χ0) is 27.6. The molecule has 14 heteroatoms. The first-order valence-electron chi connectivity index (χ1n) is 11.4. The Hall–Kier alpha value is -3.30. The molecule has 1 unspecified atom stereocenters. The summed E-state index contributed by atoms with van der Waals surface area (Å²) in [6.45, 7) is 0. The summed E-state index contributed by atoms with van der Waals surface area (Å²) in [7, 11) is -1.81. The molecule has 204 valence electrons. The van der Waals surface area contributed by atoms with E-state index in [9.17, 15) is 22.3 Å². The largest absolute Gasteiger partial charge is 0.372 e. The van der Waals surface area contributed by atoms with Gasteiger partial charge in [0.2, 0.25) is 0 Å². The van der Waals surface area contributed by atoms with Gasteiger partial charge in [0.25, 0.3) is 10.2 Å². The number of aromatic nitrogens is 1. The minimum Gasteiger partial charge on any atom is -0.372 e. The fourth-order valence-electron chi connectivity index (χ4n) is 3.86. The summed E-state index contributed by atoms with van der Waals surface area (Å²) in [5.74, 6) is -5.01. The Morgan fingerprint density at radius 1 is 1.08 bits per heavy atom. The number of hydroxylamine groups is 1. The normalized spacial score (nSPS) is 14.4. The van der Waals surface area contributed by atoms with Crippen LogP contribution in [0.1, 0.15) is 47.2 Å². The second-order valence-electron chi connectivity index (χ2n) is 8.61. The topological polar surface area (TPSA) is 125 Å². The van der Waals surface area contributed by atoms with E-state index >= 15 is 8.78 Å². The molecule has 0 spiro atoms. The van der Waals surface area contributed by atoms with Crippen molar-refractivity contribution in [3.05, 3.63) is 82.1 Å². The van der Waals surface area contributed by atoms with Crippen LogP contribution in [0, 0.1) is 23.3 Å². The van der Waals surface area contributed by atoms with Gasteiger partial charge >= 0.3 is 0 Å². The van der Waals surface area contributed by atoms with Gasteiger partial charge < -0.3 is 15.3 Å². The Bertz CT molecular complexity index is 1450. The summed E-state index contributed by atoms with van der Waals surface area (Å²) < 4.78 is 87.6. The molecule has 1 fully saturated rings. The molecule has 1 aliphatic carbocycles. The Balaban J connectivity index is 1.72. The van der Waals surface area contributed by atoms with Gasteiger partial charge in [-0.1, -0.05) is 6.07 Å². The Kier molecular flexibility index (Phi) is 8.18. The number of hydrogen-bond acceptors (Lipinski definition) is 7. The van der Waals surface area contributed by atoms with Crippen LogP contribution in [0.2, 0.25) is 0 Å². The lowest BCUT2D eigenvalue weighted by Gasteiger charge is -2.20. The molecule has 1 aromatic heterocycles. The van der Waals surface area contributed by atoms with Crippen molar-refractivity contribution in [3.63, 3.8) is 0 Å². The molecule has 0 aliphatic heterocycles. The van der Waals surface area contributed by atoms with E-state index in [-0.39, 0.29) is 28.3 Å².